The zero-order valence-electron chi connectivity index (χ0n) is 11.8. The van der Waals surface area contributed by atoms with Crippen molar-refractivity contribution in [2.75, 3.05) is 32.7 Å². The molecule has 2 heterocycles. The first-order chi connectivity index (χ1) is 9.75. The van der Waals surface area contributed by atoms with Gasteiger partial charge >= 0.3 is 6.18 Å². The smallest absolute Gasteiger partial charge is 0.330 e. The molecule has 2 N–H and O–H groups in total. The van der Waals surface area contributed by atoms with Gasteiger partial charge in [-0.15, -0.1) is 0 Å². The topological polar surface area (TPSA) is 66.6 Å². The number of alkyl halides is 3. The summed E-state index contributed by atoms with van der Waals surface area (Å²) in [7, 11) is -3.63. The van der Waals surface area contributed by atoms with E-state index in [2.05, 4.69) is 0 Å². The second-order valence-corrected chi connectivity index (χ2v) is 7.73. The summed E-state index contributed by atoms with van der Waals surface area (Å²) >= 11 is 0. The first-order valence-electron chi connectivity index (χ1n) is 7.27. The molecule has 0 atom stereocenters. The van der Waals surface area contributed by atoms with Crippen molar-refractivity contribution in [2.45, 2.75) is 31.9 Å². The molecule has 2 saturated heterocycles. The van der Waals surface area contributed by atoms with E-state index in [1.165, 1.54) is 8.61 Å². The molecule has 0 aromatic rings. The molecule has 2 aliphatic heterocycles. The van der Waals surface area contributed by atoms with Crippen LogP contribution in [0.2, 0.25) is 0 Å². The highest BCUT2D eigenvalue weighted by molar-refractivity contribution is 7.86. The number of halogens is 3. The number of nitrogens with two attached hydrogens (primary N) is 1. The standard InChI is InChI=1S/C12H22F3N3O2S/c13-12(14,15)11-3-7-18(8-4-11)21(19,20)17-5-1-10(9-16)2-6-17/h10-11H,1-9,16H2. The lowest BCUT2D eigenvalue weighted by Gasteiger charge is -2.37. The maximum absolute atomic E-state index is 12.6. The summed E-state index contributed by atoms with van der Waals surface area (Å²) in [5, 5.41) is 0. The van der Waals surface area contributed by atoms with E-state index >= 15 is 0 Å². The zero-order valence-corrected chi connectivity index (χ0v) is 12.7. The molecule has 0 radical (unpaired) electrons. The second-order valence-electron chi connectivity index (χ2n) is 5.80. The molecule has 2 aliphatic rings. The lowest BCUT2D eigenvalue weighted by molar-refractivity contribution is -0.182. The summed E-state index contributed by atoms with van der Waals surface area (Å²) in [6.45, 7) is 1.25. The third-order valence-electron chi connectivity index (χ3n) is 4.48. The predicted octanol–water partition coefficient (Wildman–Crippen LogP) is 1.18. The molecule has 2 fully saturated rings. The van der Waals surface area contributed by atoms with E-state index in [0.29, 0.717) is 25.6 Å². The lowest BCUT2D eigenvalue weighted by Crippen LogP contribution is -2.51. The Bertz CT molecular complexity index is 439. The Kier molecular flexibility index (Phi) is 5.17. The molecule has 0 saturated carbocycles. The monoisotopic (exact) mass is 329 g/mol. The van der Waals surface area contributed by atoms with Gasteiger partial charge in [-0.05, 0) is 38.1 Å². The van der Waals surface area contributed by atoms with Crippen molar-refractivity contribution < 1.29 is 21.6 Å². The molecule has 2 rings (SSSR count). The Balaban J connectivity index is 1.93. The fraction of sp³-hybridized carbons (Fsp3) is 1.00. The van der Waals surface area contributed by atoms with Crippen LogP contribution in [0, 0.1) is 11.8 Å². The van der Waals surface area contributed by atoms with Gasteiger partial charge in [0.2, 0.25) is 0 Å². The van der Waals surface area contributed by atoms with E-state index in [1.54, 1.807) is 0 Å². The molecule has 0 bridgehead atoms. The van der Waals surface area contributed by atoms with Crippen molar-refractivity contribution in [1.82, 2.24) is 8.61 Å². The maximum Gasteiger partial charge on any atom is 0.391 e. The molecule has 0 aromatic carbocycles. The summed E-state index contributed by atoms with van der Waals surface area (Å²) in [5.41, 5.74) is 5.57. The van der Waals surface area contributed by atoms with Gasteiger partial charge < -0.3 is 5.73 Å². The minimum absolute atomic E-state index is 0.0523. The van der Waals surface area contributed by atoms with Crippen molar-refractivity contribution >= 4 is 10.2 Å². The van der Waals surface area contributed by atoms with E-state index in [1.807, 2.05) is 0 Å². The van der Waals surface area contributed by atoms with Crippen LogP contribution in [0.4, 0.5) is 13.2 Å². The quantitative estimate of drug-likeness (QED) is 0.845. The predicted molar refractivity (Wildman–Crippen MR) is 72.6 cm³/mol. The van der Waals surface area contributed by atoms with Crippen LogP contribution in [-0.4, -0.2) is 55.9 Å². The molecule has 0 amide bonds. The highest BCUT2D eigenvalue weighted by Gasteiger charge is 2.44. The van der Waals surface area contributed by atoms with Gasteiger partial charge in [-0.3, -0.25) is 0 Å². The average Bonchev–Trinajstić information content (AvgIpc) is 2.46. The first-order valence-corrected chi connectivity index (χ1v) is 8.67. The summed E-state index contributed by atoms with van der Waals surface area (Å²) in [5.74, 6) is -1.04. The molecule has 0 aromatic heterocycles. The third kappa shape index (κ3) is 3.88. The van der Waals surface area contributed by atoms with Crippen LogP contribution >= 0.6 is 0 Å². The van der Waals surface area contributed by atoms with Crippen molar-refractivity contribution in [2.24, 2.45) is 17.6 Å². The van der Waals surface area contributed by atoms with E-state index < -0.39 is 22.3 Å². The van der Waals surface area contributed by atoms with Crippen LogP contribution in [0.15, 0.2) is 0 Å². The normalized spacial score (nSPS) is 25.3. The van der Waals surface area contributed by atoms with Crippen molar-refractivity contribution in [3.63, 3.8) is 0 Å². The minimum atomic E-state index is -4.23. The highest BCUT2D eigenvalue weighted by Crippen LogP contribution is 2.35. The Morgan fingerprint density at radius 2 is 1.38 bits per heavy atom. The van der Waals surface area contributed by atoms with Crippen LogP contribution in [-0.2, 0) is 10.2 Å². The lowest BCUT2D eigenvalue weighted by atomic mass is 9.98. The Labute approximate surface area is 123 Å². The number of hydrogen-bond donors (Lipinski definition) is 1. The highest BCUT2D eigenvalue weighted by atomic mass is 32.2. The van der Waals surface area contributed by atoms with Gasteiger partial charge in [0.05, 0.1) is 5.92 Å². The van der Waals surface area contributed by atoms with Gasteiger partial charge in [-0.2, -0.15) is 30.2 Å². The fourth-order valence-corrected chi connectivity index (χ4v) is 4.62. The molecule has 21 heavy (non-hydrogen) atoms. The van der Waals surface area contributed by atoms with E-state index in [-0.39, 0.29) is 25.9 Å². The summed E-state index contributed by atoms with van der Waals surface area (Å²) in [6.07, 6.45) is -3.09. The number of rotatable bonds is 3. The fourth-order valence-electron chi connectivity index (χ4n) is 2.95. The van der Waals surface area contributed by atoms with Gasteiger partial charge in [0.25, 0.3) is 10.2 Å². The van der Waals surface area contributed by atoms with Crippen LogP contribution in [0.1, 0.15) is 25.7 Å². The molecular formula is C12H22F3N3O2S. The number of piperidine rings is 2. The molecule has 0 unspecified atom stereocenters. The summed E-state index contributed by atoms with van der Waals surface area (Å²) in [4.78, 5) is 0. The van der Waals surface area contributed by atoms with Gasteiger partial charge in [0.15, 0.2) is 0 Å². The molecule has 5 nitrogen and oxygen atoms in total. The molecule has 124 valence electrons. The molecule has 0 aliphatic carbocycles. The van der Waals surface area contributed by atoms with E-state index in [0.717, 1.165) is 12.8 Å². The minimum Gasteiger partial charge on any atom is -0.330 e. The van der Waals surface area contributed by atoms with Gasteiger partial charge in [0.1, 0.15) is 0 Å². The van der Waals surface area contributed by atoms with E-state index in [4.69, 9.17) is 5.73 Å². The Morgan fingerprint density at radius 1 is 0.952 bits per heavy atom. The molecule has 0 spiro atoms. The van der Waals surface area contributed by atoms with Crippen molar-refractivity contribution in [1.29, 1.82) is 0 Å². The first kappa shape index (κ1) is 17.0. The second kappa shape index (κ2) is 6.39. The van der Waals surface area contributed by atoms with Crippen LogP contribution in [0.5, 0.6) is 0 Å². The summed E-state index contributed by atoms with van der Waals surface area (Å²) in [6, 6.07) is 0. The summed E-state index contributed by atoms with van der Waals surface area (Å²) < 4.78 is 65.3. The molecular weight excluding hydrogens is 307 g/mol. The Hall–Kier alpha value is -0.380. The van der Waals surface area contributed by atoms with Crippen molar-refractivity contribution in [3.05, 3.63) is 0 Å². The van der Waals surface area contributed by atoms with Crippen molar-refractivity contribution in [3.8, 4) is 0 Å². The zero-order chi connectivity index (χ0) is 15.7. The van der Waals surface area contributed by atoms with Gasteiger partial charge in [-0.25, -0.2) is 0 Å². The van der Waals surface area contributed by atoms with Gasteiger partial charge in [0, 0.05) is 26.2 Å². The SMILES string of the molecule is NCC1CCN(S(=O)(=O)N2CCC(C(F)(F)F)CC2)CC1. The molecule has 9 heteroatoms. The third-order valence-corrected chi connectivity index (χ3v) is 6.51. The van der Waals surface area contributed by atoms with Gasteiger partial charge in [-0.1, -0.05) is 0 Å². The van der Waals surface area contributed by atoms with Crippen LogP contribution < -0.4 is 5.73 Å². The van der Waals surface area contributed by atoms with Crippen LogP contribution in [0.3, 0.4) is 0 Å². The maximum atomic E-state index is 12.6. The number of hydrogen-bond acceptors (Lipinski definition) is 3. The van der Waals surface area contributed by atoms with E-state index in [9.17, 15) is 21.6 Å². The Morgan fingerprint density at radius 3 is 1.76 bits per heavy atom. The van der Waals surface area contributed by atoms with Crippen LogP contribution in [0.25, 0.3) is 0 Å². The number of nitrogens with zero attached hydrogens (tertiary/aromatic N) is 2. The largest absolute Gasteiger partial charge is 0.391 e. The average molecular weight is 329 g/mol.